The van der Waals surface area contributed by atoms with E-state index in [1.165, 1.54) is 48.3 Å². The van der Waals surface area contributed by atoms with E-state index in [0.29, 0.717) is 40.3 Å². The average molecular weight is 601 g/mol. The zero-order valence-corrected chi connectivity index (χ0v) is 22.9. The third kappa shape index (κ3) is 6.38. The van der Waals surface area contributed by atoms with E-state index >= 15 is 0 Å². The van der Waals surface area contributed by atoms with Crippen LogP contribution in [0.2, 0.25) is 0 Å². The van der Waals surface area contributed by atoms with Crippen LogP contribution in [0.4, 0.5) is 22.0 Å². The van der Waals surface area contributed by atoms with Crippen LogP contribution in [0.3, 0.4) is 0 Å². The molecule has 0 saturated carbocycles. The number of nitrogens with zero attached hydrogens (tertiary/aromatic N) is 3. The van der Waals surface area contributed by atoms with Gasteiger partial charge in [0.05, 0.1) is 17.8 Å². The fourth-order valence-electron chi connectivity index (χ4n) is 5.26. The minimum absolute atomic E-state index is 0.108. The molecule has 0 aliphatic carbocycles. The monoisotopic (exact) mass is 600 g/mol. The summed E-state index contributed by atoms with van der Waals surface area (Å²) < 4.78 is 70.5. The number of hydrogen-bond acceptors (Lipinski definition) is 5. The summed E-state index contributed by atoms with van der Waals surface area (Å²) in [5.41, 5.74) is 6.49. The van der Waals surface area contributed by atoms with E-state index in [1.807, 2.05) is 0 Å². The Morgan fingerprint density at radius 1 is 1.07 bits per heavy atom. The van der Waals surface area contributed by atoms with Gasteiger partial charge in [-0.3, -0.25) is 19.3 Å². The van der Waals surface area contributed by atoms with Gasteiger partial charge in [0.15, 0.2) is 11.5 Å². The predicted molar refractivity (Wildman–Crippen MR) is 148 cm³/mol. The summed E-state index contributed by atoms with van der Waals surface area (Å²) in [4.78, 5) is 29.8. The first-order chi connectivity index (χ1) is 20.0. The van der Waals surface area contributed by atoms with Crippen LogP contribution in [0.5, 0.6) is 0 Å². The van der Waals surface area contributed by atoms with Crippen molar-refractivity contribution in [2.75, 3.05) is 5.75 Å². The number of rotatable bonds is 9. The van der Waals surface area contributed by atoms with Gasteiger partial charge in [0, 0.05) is 41.1 Å². The van der Waals surface area contributed by atoms with Gasteiger partial charge >= 0.3 is 6.18 Å². The number of Topliss-reactive ketones (excluding diaryl/α,β-unsaturated/α-hetero) is 1. The molecule has 0 radical (unpaired) electrons. The lowest BCUT2D eigenvalue weighted by atomic mass is 9.86. The maximum Gasteiger partial charge on any atom is 0.435 e. The van der Waals surface area contributed by atoms with Crippen LogP contribution < -0.4 is 5.73 Å². The Balaban J connectivity index is 1.51. The Bertz CT molecular complexity index is 1650. The van der Waals surface area contributed by atoms with Crippen molar-refractivity contribution in [1.29, 1.82) is 0 Å². The quantitative estimate of drug-likeness (QED) is 0.234. The Morgan fingerprint density at radius 3 is 2.62 bits per heavy atom. The van der Waals surface area contributed by atoms with Crippen LogP contribution in [-0.4, -0.2) is 32.2 Å². The number of ketones is 1. The SMILES string of the molecule is NC(=O)c1cc(-c2cccnc2[C@@H](CC(=O)Cn2nc(C(F)(F)F)c3c2CCSC3)Cc2cccc(F)c2)ccc1F. The van der Waals surface area contributed by atoms with Gasteiger partial charge in [-0.05, 0) is 60.1 Å². The summed E-state index contributed by atoms with van der Waals surface area (Å²) in [5.74, 6) is -2.45. The highest BCUT2D eigenvalue weighted by Gasteiger charge is 2.40. The van der Waals surface area contributed by atoms with Gasteiger partial charge in [0.1, 0.15) is 11.6 Å². The third-order valence-electron chi connectivity index (χ3n) is 7.10. The van der Waals surface area contributed by atoms with Crippen molar-refractivity contribution in [3.63, 3.8) is 0 Å². The van der Waals surface area contributed by atoms with E-state index in [-0.39, 0.29) is 42.0 Å². The van der Waals surface area contributed by atoms with Crippen molar-refractivity contribution < 1.29 is 31.5 Å². The van der Waals surface area contributed by atoms with Crippen molar-refractivity contribution in [3.8, 4) is 11.1 Å². The molecule has 0 saturated heterocycles. The number of aromatic nitrogens is 3. The van der Waals surface area contributed by atoms with Crippen LogP contribution in [0, 0.1) is 11.6 Å². The number of halogens is 5. The van der Waals surface area contributed by atoms with Crippen LogP contribution in [0.15, 0.2) is 60.8 Å². The van der Waals surface area contributed by atoms with E-state index in [2.05, 4.69) is 10.1 Å². The van der Waals surface area contributed by atoms with Gasteiger partial charge in [0.25, 0.3) is 5.91 Å². The second kappa shape index (κ2) is 12.0. The fraction of sp³-hybridized carbons (Fsp3) is 0.267. The molecular formula is C30H25F5N4O2S. The number of hydrogen-bond donors (Lipinski definition) is 1. The normalized spacial score (nSPS) is 13.9. The lowest BCUT2D eigenvalue weighted by Crippen LogP contribution is -2.20. The lowest BCUT2D eigenvalue weighted by Gasteiger charge is -2.20. The number of primary amides is 1. The second-order valence-corrected chi connectivity index (χ2v) is 11.1. The minimum Gasteiger partial charge on any atom is -0.366 e. The molecular weight excluding hydrogens is 575 g/mol. The predicted octanol–water partition coefficient (Wildman–Crippen LogP) is 6.12. The molecule has 1 amide bonds. The number of amides is 1. The number of fused-ring (bicyclic) bond motifs is 1. The number of benzene rings is 2. The Hall–Kier alpha value is -4.06. The third-order valence-corrected chi connectivity index (χ3v) is 8.09. The van der Waals surface area contributed by atoms with Gasteiger partial charge in [-0.15, -0.1) is 0 Å². The van der Waals surface area contributed by atoms with Gasteiger partial charge in [-0.1, -0.05) is 24.3 Å². The summed E-state index contributed by atoms with van der Waals surface area (Å²) in [6.45, 7) is -0.368. The van der Waals surface area contributed by atoms with Gasteiger partial charge < -0.3 is 5.73 Å². The second-order valence-electron chi connectivity index (χ2n) is 10.0. The van der Waals surface area contributed by atoms with Crippen molar-refractivity contribution in [3.05, 3.63) is 106 Å². The molecule has 218 valence electrons. The largest absolute Gasteiger partial charge is 0.435 e. The molecule has 2 aromatic carbocycles. The fourth-order valence-corrected chi connectivity index (χ4v) is 6.25. The standard InChI is InChI=1S/C30H25F5N4O2S/c31-20-4-1-3-17(12-20)11-19(27-22(5-2-9-37-27)18-6-7-25(32)23(14-18)29(36)41)13-21(40)15-39-26-8-10-42-16-24(26)28(38-39)30(33,34)35/h1-7,9,12,14,19H,8,10-11,13,15-16H2,(H2,36,41)/t19-/m1/s1. The van der Waals surface area contributed by atoms with Crippen LogP contribution in [0.25, 0.3) is 11.1 Å². The average Bonchev–Trinajstić information content (AvgIpc) is 3.32. The summed E-state index contributed by atoms with van der Waals surface area (Å²) in [5, 5.41) is 3.79. The number of carbonyl (C=O) groups is 2. The Morgan fingerprint density at radius 2 is 1.88 bits per heavy atom. The molecule has 42 heavy (non-hydrogen) atoms. The molecule has 12 heteroatoms. The molecule has 0 fully saturated rings. The van der Waals surface area contributed by atoms with E-state index < -0.39 is 35.3 Å². The smallest absolute Gasteiger partial charge is 0.366 e. The molecule has 6 nitrogen and oxygen atoms in total. The number of carbonyl (C=O) groups excluding carboxylic acids is 2. The summed E-state index contributed by atoms with van der Waals surface area (Å²) in [6, 6.07) is 13.0. The molecule has 4 aromatic rings. The van der Waals surface area contributed by atoms with E-state index in [9.17, 15) is 31.5 Å². The first-order valence-electron chi connectivity index (χ1n) is 13.1. The van der Waals surface area contributed by atoms with E-state index in [0.717, 1.165) is 10.7 Å². The Labute approximate surface area is 242 Å². The van der Waals surface area contributed by atoms with Crippen LogP contribution in [0.1, 0.15) is 50.9 Å². The molecule has 0 bridgehead atoms. The van der Waals surface area contributed by atoms with E-state index in [4.69, 9.17) is 5.73 Å². The molecule has 0 spiro atoms. The Kier molecular flexibility index (Phi) is 8.44. The van der Waals surface area contributed by atoms with Crippen molar-refractivity contribution in [1.82, 2.24) is 14.8 Å². The summed E-state index contributed by atoms with van der Waals surface area (Å²) in [7, 11) is 0. The van der Waals surface area contributed by atoms with Crippen molar-refractivity contribution in [2.24, 2.45) is 5.73 Å². The maximum absolute atomic E-state index is 14.2. The zero-order valence-electron chi connectivity index (χ0n) is 22.1. The van der Waals surface area contributed by atoms with Gasteiger partial charge in [0.2, 0.25) is 0 Å². The minimum atomic E-state index is -4.64. The molecule has 1 atom stereocenters. The lowest BCUT2D eigenvalue weighted by molar-refractivity contribution is -0.142. The maximum atomic E-state index is 14.2. The highest BCUT2D eigenvalue weighted by Crippen LogP contribution is 2.38. The molecule has 1 aliphatic heterocycles. The number of thioether (sulfide) groups is 1. The molecule has 5 rings (SSSR count). The summed E-state index contributed by atoms with van der Waals surface area (Å²) in [6.07, 6.45) is -2.73. The van der Waals surface area contributed by atoms with Crippen molar-refractivity contribution >= 4 is 23.5 Å². The van der Waals surface area contributed by atoms with Gasteiger partial charge in [-0.2, -0.15) is 30.0 Å². The highest BCUT2D eigenvalue weighted by atomic mass is 32.2. The zero-order chi connectivity index (χ0) is 30.0. The molecule has 2 N–H and O–H groups in total. The van der Waals surface area contributed by atoms with Gasteiger partial charge in [-0.25, -0.2) is 8.78 Å². The van der Waals surface area contributed by atoms with E-state index in [1.54, 1.807) is 18.2 Å². The summed E-state index contributed by atoms with van der Waals surface area (Å²) >= 11 is 1.38. The first-order valence-corrected chi connectivity index (χ1v) is 14.2. The van der Waals surface area contributed by atoms with Crippen LogP contribution in [-0.2, 0) is 36.1 Å². The molecule has 0 unspecified atom stereocenters. The molecule has 1 aliphatic rings. The number of nitrogens with two attached hydrogens (primary N) is 1. The first kappa shape index (κ1) is 29.4. The molecule has 3 heterocycles. The van der Waals surface area contributed by atoms with Crippen LogP contribution >= 0.6 is 11.8 Å². The highest BCUT2D eigenvalue weighted by molar-refractivity contribution is 7.98. The van der Waals surface area contributed by atoms with Crippen molar-refractivity contribution in [2.45, 2.75) is 43.7 Å². The number of alkyl halides is 3. The molecule has 2 aromatic heterocycles. The number of pyridine rings is 1. The topological polar surface area (TPSA) is 90.9 Å².